The summed E-state index contributed by atoms with van der Waals surface area (Å²) in [5.41, 5.74) is 6.27. The molecule has 0 unspecified atom stereocenters. The zero-order chi connectivity index (χ0) is 19.5. The van der Waals surface area contributed by atoms with Crippen LogP contribution in [0.2, 0.25) is 10.0 Å². The Labute approximate surface area is 179 Å². The lowest BCUT2D eigenvalue weighted by Crippen LogP contribution is -2.10. The monoisotopic (exact) mass is 424 g/mol. The van der Waals surface area contributed by atoms with Gasteiger partial charge in [0, 0.05) is 17.0 Å². The lowest BCUT2D eigenvalue weighted by atomic mass is 9.87. The molecule has 0 N–H and O–H groups in total. The first-order valence-electron chi connectivity index (χ1n) is 9.25. The number of nitrogens with zero attached hydrogens (tertiary/aromatic N) is 2. The molecule has 0 atom stereocenters. The van der Waals surface area contributed by atoms with Crippen LogP contribution in [0.1, 0.15) is 35.2 Å². The minimum atomic E-state index is 0.545. The average molecular weight is 425 g/mol. The van der Waals surface area contributed by atoms with Crippen LogP contribution in [0.15, 0.2) is 53.6 Å². The van der Waals surface area contributed by atoms with Crippen molar-refractivity contribution in [3.05, 3.63) is 81.0 Å². The van der Waals surface area contributed by atoms with Gasteiger partial charge in [0.2, 0.25) is 0 Å². The van der Waals surface area contributed by atoms with Crippen molar-refractivity contribution in [1.82, 2.24) is 4.98 Å². The average Bonchev–Trinajstić information content (AvgIpc) is 2.74. The molecule has 2 nitrogen and oxygen atoms in total. The summed E-state index contributed by atoms with van der Waals surface area (Å²) in [7, 11) is 0. The van der Waals surface area contributed by atoms with E-state index in [4.69, 9.17) is 28.2 Å². The molecule has 0 radical (unpaired) electrons. The number of halogens is 2. The largest absolute Gasteiger partial charge is 0.245 e. The summed E-state index contributed by atoms with van der Waals surface area (Å²) in [6.07, 6.45) is 4.26. The van der Waals surface area contributed by atoms with Crippen LogP contribution in [0.25, 0.3) is 11.1 Å². The number of fused-ring (bicyclic) bond motifs is 1. The number of hydrogen-bond acceptors (Lipinski definition) is 3. The Morgan fingerprint density at radius 2 is 1.79 bits per heavy atom. The molecule has 5 heteroatoms. The molecule has 4 rings (SSSR count). The molecule has 0 aliphatic heterocycles. The maximum atomic E-state index is 10.00. The van der Waals surface area contributed by atoms with Gasteiger partial charge in [0.25, 0.3) is 0 Å². The van der Waals surface area contributed by atoms with Crippen molar-refractivity contribution in [3.63, 3.8) is 0 Å². The smallest absolute Gasteiger partial charge is 0.115 e. The molecule has 0 saturated heterocycles. The summed E-state index contributed by atoms with van der Waals surface area (Å²) in [6, 6.07) is 18.3. The van der Waals surface area contributed by atoms with Crippen LogP contribution in [-0.4, -0.2) is 4.98 Å². The number of thioether (sulfide) groups is 1. The fraction of sp³-hybridized carbons (Fsp3) is 0.217. The summed E-state index contributed by atoms with van der Waals surface area (Å²) in [5, 5.41) is 11.9. The Bertz CT molecular complexity index is 1060. The molecule has 0 bridgehead atoms. The molecule has 1 aliphatic carbocycles. The quantitative estimate of drug-likeness (QED) is 0.419. The predicted octanol–water partition coefficient (Wildman–Crippen LogP) is 7.10. The molecule has 0 fully saturated rings. The van der Waals surface area contributed by atoms with E-state index in [1.807, 2.05) is 30.3 Å². The molecule has 0 spiro atoms. The Kier molecular flexibility index (Phi) is 5.92. The van der Waals surface area contributed by atoms with Crippen LogP contribution >= 0.6 is 35.0 Å². The van der Waals surface area contributed by atoms with E-state index < -0.39 is 0 Å². The van der Waals surface area contributed by atoms with Gasteiger partial charge in [0.05, 0.1) is 15.6 Å². The van der Waals surface area contributed by atoms with Crippen LogP contribution in [0.3, 0.4) is 0 Å². The van der Waals surface area contributed by atoms with Crippen molar-refractivity contribution in [2.75, 3.05) is 0 Å². The van der Waals surface area contributed by atoms with E-state index >= 15 is 0 Å². The number of nitriles is 1. The lowest BCUT2D eigenvalue weighted by molar-refractivity contribution is 0.661. The van der Waals surface area contributed by atoms with Crippen LogP contribution in [0.4, 0.5) is 0 Å². The SMILES string of the molecule is N#Cc1c(SCc2ccc(Cl)c(Cl)c2)nc2c(c1-c1ccccc1)CCCC2. The Hall–Kier alpha value is -1.99. The zero-order valence-electron chi connectivity index (χ0n) is 15.2. The van der Waals surface area contributed by atoms with Gasteiger partial charge in [0.15, 0.2) is 0 Å². The van der Waals surface area contributed by atoms with Gasteiger partial charge < -0.3 is 0 Å². The molecule has 1 aromatic heterocycles. The Morgan fingerprint density at radius 1 is 1.00 bits per heavy atom. The van der Waals surface area contributed by atoms with Crippen molar-refractivity contribution >= 4 is 35.0 Å². The molecule has 3 aromatic rings. The van der Waals surface area contributed by atoms with Crippen LogP contribution in [-0.2, 0) is 18.6 Å². The van der Waals surface area contributed by atoms with E-state index in [9.17, 15) is 5.26 Å². The summed E-state index contributed by atoms with van der Waals surface area (Å²) in [5.74, 6) is 0.686. The highest BCUT2D eigenvalue weighted by atomic mass is 35.5. The maximum Gasteiger partial charge on any atom is 0.115 e. The Morgan fingerprint density at radius 3 is 2.54 bits per heavy atom. The van der Waals surface area contributed by atoms with Crippen molar-refractivity contribution in [2.24, 2.45) is 0 Å². The first-order valence-corrected chi connectivity index (χ1v) is 11.0. The highest BCUT2D eigenvalue weighted by Gasteiger charge is 2.23. The van der Waals surface area contributed by atoms with Crippen molar-refractivity contribution in [3.8, 4) is 17.2 Å². The topological polar surface area (TPSA) is 36.7 Å². The molecule has 1 aliphatic rings. The normalized spacial score (nSPS) is 13.0. The van der Waals surface area contributed by atoms with Gasteiger partial charge >= 0.3 is 0 Å². The van der Waals surface area contributed by atoms with Crippen molar-refractivity contribution < 1.29 is 0 Å². The lowest BCUT2D eigenvalue weighted by Gasteiger charge is -2.22. The number of aromatic nitrogens is 1. The van der Waals surface area contributed by atoms with E-state index in [2.05, 4.69) is 18.2 Å². The number of pyridine rings is 1. The van der Waals surface area contributed by atoms with Crippen LogP contribution < -0.4 is 0 Å². The van der Waals surface area contributed by atoms with E-state index in [0.717, 1.165) is 53.1 Å². The first-order chi connectivity index (χ1) is 13.7. The van der Waals surface area contributed by atoms with E-state index in [1.54, 1.807) is 17.8 Å². The molecular weight excluding hydrogens is 407 g/mol. The first kappa shape index (κ1) is 19.3. The highest BCUT2D eigenvalue weighted by molar-refractivity contribution is 7.98. The third-order valence-electron chi connectivity index (χ3n) is 4.97. The van der Waals surface area contributed by atoms with Gasteiger partial charge in [-0.15, -0.1) is 11.8 Å². The third-order valence-corrected chi connectivity index (χ3v) is 6.76. The molecule has 2 aromatic carbocycles. The van der Waals surface area contributed by atoms with Gasteiger partial charge in [-0.25, -0.2) is 4.98 Å². The predicted molar refractivity (Wildman–Crippen MR) is 117 cm³/mol. The van der Waals surface area contributed by atoms with E-state index in [0.29, 0.717) is 21.4 Å². The zero-order valence-corrected chi connectivity index (χ0v) is 17.5. The molecule has 0 saturated carbocycles. The molecule has 28 heavy (non-hydrogen) atoms. The van der Waals surface area contributed by atoms with Gasteiger partial charge in [-0.2, -0.15) is 5.26 Å². The molecular formula is C23H18Cl2N2S. The van der Waals surface area contributed by atoms with Gasteiger partial charge in [-0.05, 0) is 54.5 Å². The Balaban J connectivity index is 1.77. The van der Waals surface area contributed by atoms with Crippen molar-refractivity contribution in [2.45, 2.75) is 36.5 Å². The van der Waals surface area contributed by atoms with Gasteiger partial charge in [-0.1, -0.05) is 59.6 Å². The van der Waals surface area contributed by atoms with Gasteiger partial charge in [-0.3, -0.25) is 0 Å². The summed E-state index contributed by atoms with van der Waals surface area (Å²) < 4.78 is 0. The summed E-state index contributed by atoms with van der Waals surface area (Å²) in [6.45, 7) is 0. The van der Waals surface area contributed by atoms with Crippen molar-refractivity contribution in [1.29, 1.82) is 5.26 Å². The minimum absolute atomic E-state index is 0.545. The maximum absolute atomic E-state index is 10.00. The number of hydrogen-bond donors (Lipinski definition) is 0. The fourth-order valence-corrected chi connectivity index (χ4v) is 4.90. The minimum Gasteiger partial charge on any atom is -0.245 e. The van der Waals surface area contributed by atoms with Gasteiger partial charge in [0.1, 0.15) is 11.1 Å². The second-order valence-corrected chi connectivity index (χ2v) is 8.59. The second kappa shape index (κ2) is 8.57. The second-order valence-electron chi connectivity index (χ2n) is 6.81. The van der Waals surface area contributed by atoms with Crippen LogP contribution in [0.5, 0.6) is 0 Å². The fourth-order valence-electron chi connectivity index (χ4n) is 3.63. The summed E-state index contributed by atoms with van der Waals surface area (Å²) >= 11 is 13.8. The standard InChI is InChI=1S/C23H18Cl2N2S/c24-19-11-10-15(12-20(19)25)14-28-23-18(13-26)22(16-6-2-1-3-7-16)17-8-4-5-9-21(17)27-23/h1-3,6-7,10-12H,4-5,8-9,14H2. The van der Waals surface area contributed by atoms with E-state index in [1.165, 1.54) is 5.56 Å². The molecule has 1 heterocycles. The molecule has 140 valence electrons. The summed E-state index contributed by atoms with van der Waals surface area (Å²) in [4.78, 5) is 4.91. The number of aryl methyl sites for hydroxylation is 1. The third kappa shape index (κ3) is 3.91. The number of rotatable bonds is 4. The van der Waals surface area contributed by atoms with Crippen LogP contribution in [0, 0.1) is 11.3 Å². The molecule has 0 amide bonds. The van der Waals surface area contributed by atoms with E-state index in [-0.39, 0.29) is 0 Å². The number of benzene rings is 2. The highest BCUT2D eigenvalue weighted by Crippen LogP contribution is 2.38.